The first kappa shape index (κ1) is 16.1. The molecule has 0 fully saturated rings. The second-order valence-electron chi connectivity index (χ2n) is 4.73. The van der Waals surface area contributed by atoms with Crippen molar-refractivity contribution in [3.63, 3.8) is 0 Å². The average molecular weight is 322 g/mol. The number of carbonyl (C=O) groups excluding carboxylic acids is 1. The van der Waals surface area contributed by atoms with Crippen LogP contribution >= 0.6 is 11.3 Å². The molecular formula is C15H15FN2O3S. The number of amides is 1. The number of benzene rings is 1. The highest BCUT2D eigenvalue weighted by Crippen LogP contribution is 2.27. The quantitative estimate of drug-likeness (QED) is 0.888. The molecule has 0 unspecified atom stereocenters. The van der Waals surface area contributed by atoms with E-state index in [0.29, 0.717) is 28.4 Å². The molecule has 22 heavy (non-hydrogen) atoms. The van der Waals surface area contributed by atoms with E-state index in [2.05, 4.69) is 4.98 Å². The number of thiazole rings is 1. The van der Waals surface area contributed by atoms with Crippen LogP contribution in [0.3, 0.4) is 0 Å². The van der Waals surface area contributed by atoms with E-state index in [4.69, 9.17) is 5.11 Å². The Morgan fingerprint density at radius 2 is 2.09 bits per heavy atom. The van der Waals surface area contributed by atoms with Gasteiger partial charge in [-0.1, -0.05) is 12.1 Å². The van der Waals surface area contributed by atoms with Crippen molar-refractivity contribution >= 4 is 23.2 Å². The number of hydrogen-bond donors (Lipinski definition) is 1. The van der Waals surface area contributed by atoms with Gasteiger partial charge >= 0.3 is 5.97 Å². The lowest BCUT2D eigenvalue weighted by Gasteiger charge is -2.14. The summed E-state index contributed by atoms with van der Waals surface area (Å²) in [4.78, 5) is 28.6. The second-order valence-corrected chi connectivity index (χ2v) is 5.76. The Morgan fingerprint density at radius 1 is 1.36 bits per heavy atom. The van der Waals surface area contributed by atoms with E-state index in [0.717, 1.165) is 11.3 Å². The van der Waals surface area contributed by atoms with Crippen LogP contribution in [0.1, 0.15) is 22.5 Å². The van der Waals surface area contributed by atoms with E-state index in [1.807, 2.05) is 0 Å². The van der Waals surface area contributed by atoms with E-state index >= 15 is 0 Å². The minimum absolute atomic E-state index is 0.0147. The zero-order valence-corrected chi connectivity index (χ0v) is 12.8. The maximum absolute atomic E-state index is 13.7. The van der Waals surface area contributed by atoms with Crippen LogP contribution in [-0.4, -0.2) is 40.5 Å². The first-order valence-corrected chi connectivity index (χ1v) is 7.48. The largest absolute Gasteiger partial charge is 0.481 e. The summed E-state index contributed by atoms with van der Waals surface area (Å²) >= 11 is 1.12. The molecular weight excluding hydrogens is 307 g/mol. The van der Waals surface area contributed by atoms with Crippen LogP contribution in [-0.2, 0) is 4.79 Å². The minimum Gasteiger partial charge on any atom is -0.481 e. The predicted molar refractivity (Wildman–Crippen MR) is 81.3 cm³/mol. The molecule has 1 amide bonds. The fraction of sp³-hybridized carbons (Fsp3) is 0.267. The molecule has 0 atom stereocenters. The number of hydrogen-bond acceptors (Lipinski definition) is 4. The zero-order chi connectivity index (χ0) is 16.1. The van der Waals surface area contributed by atoms with Crippen molar-refractivity contribution in [3.05, 3.63) is 41.2 Å². The van der Waals surface area contributed by atoms with Gasteiger partial charge in [0.2, 0.25) is 0 Å². The third-order valence-corrected chi connectivity index (χ3v) is 4.07. The Kier molecular flexibility index (Phi) is 5.21. The van der Waals surface area contributed by atoms with Gasteiger partial charge < -0.3 is 10.0 Å². The normalized spacial score (nSPS) is 10.5. The summed E-state index contributed by atoms with van der Waals surface area (Å²) in [5.74, 6) is -1.52. The summed E-state index contributed by atoms with van der Waals surface area (Å²) in [6.45, 7) is 0.345. The summed E-state index contributed by atoms with van der Waals surface area (Å²) in [5, 5.41) is 9.04. The Hall–Kier alpha value is -2.28. The van der Waals surface area contributed by atoms with Gasteiger partial charge in [-0.15, -0.1) is 11.3 Å². The number of carboxylic acids is 1. The third kappa shape index (κ3) is 3.88. The van der Waals surface area contributed by atoms with Crippen LogP contribution in [0.4, 0.5) is 4.39 Å². The third-order valence-electron chi connectivity index (χ3n) is 3.05. The van der Waals surface area contributed by atoms with Crippen molar-refractivity contribution < 1.29 is 19.1 Å². The number of aliphatic carboxylic acids is 1. The average Bonchev–Trinajstić information content (AvgIpc) is 2.96. The molecule has 0 aliphatic carbocycles. The zero-order valence-electron chi connectivity index (χ0n) is 12.0. The molecule has 0 saturated carbocycles. The van der Waals surface area contributed by atoms with Gasteiger partial charge in [-0.05, 0) is 18.6 Å². The highest BCUT2D eigenvalue weighted by atomic mass is 32.1. The van der Waals surface area contributed by atoms with Crippen LogP contribution in [0.15, 0.2) is 30.5 Å². The van der Waals surface area contributed by atoms with Gasteiger partial charge in [0.25, 0.3) is 5.91 Å². The SMILES string of the molecule is CN(CCCC(=O)O)C(=O)c1cnc(-c2ccccc2F)s1. The lowest BCUT2D eigenvalue weighted by molar-refractivity contribution is -0.137. The monoisotopic (exact) mass is 322 g/mol. The predicted octanol–water partition coefficient (Wildman–Crippen LogP) is 2.89. The number of rotatable bonds is 6. The maximum Gasteiger partial charge on any atom is 0.303 e. The van der Waals surface area contributed by atoms with Gasteiger partial charge in [-0.3, -0.25) is 9.59 Å². The van der Waals surface area contributed by atoms with E-state index in [1.165, 1.54) is 17.2 Å². The lowest BCUT2D eigenvalue weighted by Crippen LogP contribution is -2.27. The van der Waals surface area contributed by atoms with Crippen LogP contribution in [0.25, 0.3) is 10.6 Å². The van der Waals surface area contributed by atoms with Gasteiger partial charge in [0, 0.05) is 25.6 Å². The van der Waals surface area contributed by atoms with Gasteiger partial charge in [0.15, 0.2) is 0 Å². The standard InChI is InChI=1S/C15H15FN2O3S/c1-18(8-4-7-13(19)20)15(21)12-9-17-14(22-12)10-5-2-3-6-11(10)16/h2-3,5-6,9H,4,7-8H2,1H3,(H,19,20). The van der Waals surface area contributed by atoms with Gasteiger partial charge in [-0.25, -0.2) is 9.37 Å². The summed E-state index contributed by atoms with van der Waals surface area (Å²) in [6, 6.07) is 6.25. The molecule has 116 valence electrons. The molecule has 0 aliphatic rings. The highest BCUT2D eigenvalue weighted by molar-refractivity contribution is 7.16. The Balaban J connectivity index is 2.06. The molecule has 0 bridgehead atoms. The van der Waals surface area contributed by atoms with Crippen molar-refractivity contribution in [1.29, 1.82) is 0 Å². The van der Waals surface area contributed by atoms with Crippen LogP contribution < -0.4 is 0 Å². The second kappa shape index (κ2) is 7.13. The first-order valence-electron chi connectivity index (χ1n) is 6.67. The van der Waals surface area contributed by atoms with E-state index in [1.54, 1.807) is 25.2 Å². The van der Waals surface area contributed by atoms with E-state index in [9.17, 15) is 14.0 Å². The Morgan fingerprint density at radius 3 is 2.77 bits per heavy atom. The number of carbonyl (C=O) groups is 2. The van der Waals surface area contributed by atoms with E-state index in [-0.39, 0.29) is 18.1 Å². The lowest BCUT2D eigenvalue weighted by atomic mass is 10.2. The molecule has 0 radical (unpaired) electrons. The molecule has 2 rings (SSSR count). The molecule has 0 spiro atoms. The summed E-state index contributed by atoms with van der Waals surface area (Å²) < 4.78 is 13.7. The van der Waals surface area contributed by atoms with Gasteiger partial charge in [-0.2, -0.15) is 0 Å². The number of nitrogens with zero attached hydrogens (tertiary/aromatic N) is 2. The van der Waals surface area contributed by atoms with Crippen LogP contribution in [0, 0.1) is 5.82 Å². The fourth-order valence-corrected chi connectivity index (χ4v) is 2.83. The topological polar surface area (TPSA) is 70.5 Å². The highest BCUT2D eigenvalue weighted by Gasteiger charge is 2.17. The number of aromatic nitrogens is 1. The Labute approximate surface area is 131 Å². The van der Waals surface area contributed by atoms with Gasteiger partial charge in [0.1, 0.15) is 15.7 Å². The molecule has 1 aromatic carbocycles. The Bertz CT molecular complexity index is 687. The number of halogens is 1. The van der Waals surface area contributed by atoms with Crippen LogP contribution in [0.2, 0.25) is 0 Å². The smallest absolute Gasteiger partial charge is 0.303 e. The molecule has 1 aromatic heterocycles. The van der Waals surface area contributed by atoms with Crippen molar-refractivity contribution in [1.82, 2.24) is 9.88 Å². The van der Waals surface area contributed by atoms with Crippen molar-refractivity contribution in [2.45, 2.75) is 12.8 Å². The molecule has 0 saturated heterocycles. The van der Waals surface area contributed by atoms with Crippen LogP contribution in [0.5, 0.6) is 0 Å². The van der Waals surface area contributed by atoms with Crippen molar-refractivity contribution in [3.8, 4) is 10.6 Å². The molecule has 1 heterocycles. The van der Waals surface area contributed by atoms with E-state index < -0.39 is 5.97 Å². The van der Waals surface area contributed by atoms with Crippen molar-refractivity contribution in [2.75, 3.05) is 13.6 Å². The summed E-state index contributed by atoms with van der Waals surface area (Å²) in [5.41, 5.74) is 0.361. The minimum atomic E-state index is -0.888. The van der Waals surface area contributed by atoms with Crippen molar-refractivity contribution in [2.24, 2.45) is 0 Å². The fourth-order valence-electron chi connectivity index (χ4n) is 1.89. The first-order chi connectivity index (χ1) is 10.5. The molecule has 2 aromatic rings. The summed E-state index contributed by atoms with van der Waals surface area (Å²) in [7, 11) is 1.60. The van der Waals surface area contributed by atoms with Gasteiger partial charge in [0.05, 0.1) is 6.20 Å². The molecule has 7 heteroatoms. The summed E-state index contributed by atoms with van der Waals surface area (Å²) in [6.07, 6.45) is 1.82. The molecule has 1 N–H and O–H groups in total. The molecule has 5 nitrogen and oxygen atoms in total. The maximum atomic E-state index is 13.7. The molecule has 0 aliphatic heterocycles. The number of carboxylic acid groups (broad SMARTS) is 1.